The van der Waals surface area contributed by atoms with Crippen LogP contribution in [0.25, 0.3) is 0 Å². The quantitative estimate of drug-likeness (QED) is 0.836. The minimum Gasteiger partial charge on any atom is -0.309 e. The van der Waals surface area contributed by atoms with Gasteiger partial charge in [0.15, 0.2) is 0 Å². The zero-order valence-electron chi connectivity index (χ0n) is 8.29. The molecule has 14 heavy (non-hydrogen) atoms. The Labute approximate surface area is 87.6 Å². The molecule has 0 aromatic carbocycles. The number of rotatable bonds is 3. The van der Waals surface area contributed by atoms with E-state index in [1.165, 1.54) is 4.88 Å². The van der Waals surface area contributed by atoms with Gasteiger partial charge in [0.1, 0.15) is 6.17 Å². The lowest BCUT2D eigenvalue weighted by molar-refractivity contribution is 0.333. The molecule has 4 heteroatoms. The molecule has 0 radical (unpaired) electrons. The number of aromatic nitrogens is 1. The smallest absolute Gasteiger partial charge is 0.102 e. The minimum absolute atomic E-state index is 0.368. The molecule has 0 amide bonds. The fraction of sp³-hybridized carbons (Fsp3) is 0.700. The van der Waals surface area contributed by atoms with Gasteiger partial charge in [-0.2, -0.15) is 0 Å². The van der Waals surface area contributed by atoms with Gasteiger partial charge in [-0.25, -0.2) is 9.37 Å². The molecule has 2 unspecified atom stereocenters. The summed E-state index contributed by atoms with van der Waals surface area (Å²) < 4.78 is 12.9. The number of hydrogen-bond acceptors (Lipinski definition) is 3. The third kappa shape index (κ3) is 2.51. The van der Waals surface area contributed by atoms with Gasteiger partial charge in [-0.3, -0.25) is 0 Å². The van der Waals surface area contributed by atoms with Crippen molar-refractivity contribution in [2.24, 2.45) is 0 Å². The first kappa shape index (κ1) is 10.1. The first-order chi connectivity index (χ1) is 6.74. The number of nitrogens with one attached hydrogen (secondary N) is 1. The summed E-state index contributed by atoms with van der Waals surface area (Å²) >= 11 is 1.70. The summed E-state index contributed by atoms with van der Waals surface area (Å²) in [6.45, 7) is 2.84. The van der Waals surface area contributed by atoms with Crippen LogP contribution in [0, 0.1) is 6.92 Å². The Morgan fingerprint density at radius 3 is 3.07 bits per heavy atom. The van der Waals surface area contributed by atoms with E-state index in [9.17, 15) is 4.39 Å². The van der Waals surface area contributed by atoms with Crippen molar-refractivity contribution in [3.8, 4) is 0 Å². The number of aryl methyl sites for hydroxylation is 1. The molecular formula is C10H15FN2S. The Morgan fingerprint density at radius 2 is 2.50 bits per heavy atom. The molecule has 0 aliphatic heterocycles. The highest BCUT2D eigenvalue weighted by molar-refractivity contribution is 7.11. The van der Waals surface area contributed by atoms with Crippen LogP contribution in [-0.4, -0.2) is 17.2 Å². The monoisotopic (exact) mass is 214 g/mol. The largest absolute Gasteiger partial charge is 0.309 e. The number of thiazole rings is 1. The first-order valence-corrected chi connectivity index (χ1v) is 5.84. The molecule has 1 saturated carbocycles. The summed E-state index contributed by atoms with van der Waals surface area (Å²) in [6.07, 6.45) is 3.68. The van der Waals surface area contributed by atoms with Crippen molar-refractivity contribution in [1.82, 2.24) is 10.3 Å². The van der Waals surface area contributed by atoms with Gasteiger partial charge in [-0.1, -0.05) is 0 Å². The molecule has 1 aliphatic rings. The molecule has 1 N–H and O–H groups in total. The molecule has 1 fully saturated rings. The van der Waals surface area contributed by atoms with E-state index in [4.69, 9.17) is 0 Å². The van der Waals surface area contributed by atoms with Crippen LogP contribution < -0.4 is 5.32 Å². The normalized spacial score (nSPS) is 27.0. The maximum atomic E-state index is 12.9. The van der Waals surface area contributed by atoms with E-state index in [-0.39, 0.29) is 0 Å². The second kappa shape index (κ2) is 4.36. The van der Waals surface area contributed by atoms with Crippen molar-refractivity contribution in [2.45, 2.75) is 44.9 Å². The van der Waals surface area contributed by atoms with Crippen LogP contribution in [0.4, 0.5) is 4.39 Å². The van der Waals surface area contributed by atoms with Crippen LogP contribution in [0.1, 0.15) is 29.1 Å². The molecular weight excluding hydrogens is 199 g/mol. The van der Waals surface area contributed by atoms with E-state index < -0.39 is 6.17 Å². The second-order valence-electron chi connectivity index (χ2n) is 3.83. The number of halogens is 1. The zero-order chi connectivity index (χ0) is 9.97. The second-order valence-corrected chi connectivity index (χ2v) is 5.15. The van der Waals surface area contributed by atoms with E-state index in [0.717, 1.165) is 24.4 Å². The van der Waals surface area contributed by atoms with Gasteiger partial charge in [-0.05, 0) is 26.2 Å². The highest BCUT2D eigenvalue weighted by atomic mass is 32.1. The summed E-state index contributed by atoms with van der Waals surface area (Å²) in [5.74, 6) is 0. The van der Waals surface area contributed by atoms with Crippen LogP contribution in [0.3, 0.4) is 0 Å². The third-order valence-corrected chi connectivity index (χ3v) is 3.52. The molecule has 1 aromatic rings. The average molecular weight is 214 g/mol. The van der Waals surface area contributed by atoms with Gasteiger partial charge >= 0.3 is 0 Å². The van der Waals surface area contributed by atoms with Gasteiger partial charge in [0, 0.05) is 23.7 Å². The molecule has 0 bridgehead atoms. The fourth-order valence-electron chi connectivity index (χ4n) is 1.84. The van der Waals surface area contributed by atoms with E-state index in [0.29, 0.717) is 12.5 Å². The fourth-order valence-corrected chi connectivity index (χ4v) is 2.59. The summed E-state index contributed by atoms with van der Waals surface area (Å²) in [7, 11) is 0. The van der Waals surface area contributed by atoms with Crippen molar-refractivity contribution in [3.63, 3.8) is 0 Å². The first-order valence-electron chi connectivity index (χ1n) is 5.03. The number of nitrogens with zero attached hydrogens (tertiary/aromatic N) is 1. The predicted molar refractivity (Wildman–Crippen MR) is 56.2 cm³/mol. The zero-order valence-corrected chi connectivity index (χ0v) is 9.11. The lowest BCUT2D eigenvalue weighted by Gasteiger charge is -2.09. The Bertz CT molecular complexity index is 300. The summed E-state index contributed by atoms with van der Waals surface area (Å²) in [5.41, 5.74) is 0. The van der Waals surface area contributed by atoms with E-state index in [2.05, 4.69) is 10.3 Å². The van der Waals surface area contributed by atoms with Crippen molar-refractivity contribution in [3.05, 3.63) is 16.1 Å². The Balaban J connectivity index is 1.77. The molecule has 78 valence electrons. The Morgan fingerprint density at radius 1 is 1.64 bits per heavy atom. The van der Waals surface area contributed by atoms with Crippen LogP contribution in [-0.2, 0) is 6.54 Å². The standard InChI is InChI=1S/C10H15FN2S/c1-7-12-5-10(14-7)6-13-9-3-2-8(11)4-9/h5,8-9,13H,2-4,6H2,1H3. The van der Waals surface area contributed by atoms with Crippen LogP contribution in [0.5, 0.6) is 0 Å². The van der Waals surface area contributed by atoms with Crippen molar-refractivity contribution in [2.75, 3.05) is 0 Å². The Hall–Kier alpha value is -0.480. The van der Waals surface area contributed by atoms with E-state index >= 15 is 0 Å². The van der Waals surface area contributed by atoms with Gasteiger partial charge in [0.2, 0.25) is 0 Å². The molecule has 1 heterocycles. The molecule has 2 atom stereocenters. The maximum absolute atomic E-state index is 12.9. The lowest BCUT2D eigenvalue weighted by Crippen LogP contribution is -2.25. The summed E-state index contributed by atoms with van der Waals surface area (Å²) in [5, 5.41) is 4.47. The number of hydrogen-bond donors (Lipinski definition) is 1. The summed E-state index contributed by atoms with van der Waals surface area (Å²) in [6, 6.07) is 0.368. The lowest BCUT2D eigenvalue weighted by atomic mass is 10.2. The highest BCUT2D eigenvalue weighted by Crippen LogP contribution is 2.22. The van der Waals surface area contributed by atoms with Crippen molar-refractivity contribution in [1.29, 1.82) is 0 Å². The minimum atomic E-state index is -0.587. The van der Waals surface area contributed by atoms with E-state index in [1.54, 1.807) is 11.3 Å². The average Bonchev–Trinajstić information content (AvgIpc) is 2.72. The van der Waals surface area contributed by atoms with E-state index in [1.807, 2.05) is 13.1 Å². The van der Waals surface area contributed by atoms with Gasteiger partial charge in [-0.15, -0.1) is 11.3 Å². The number of alkyl halides is 1. The van der Waals surface area contributed by atoms with Crippen LogP contribution >= 0.6 is 11.3 Å². The molecule has 2 nitrogen and oxygen atoms in total. The SMILES string of the molecule is Cc1ncc(CNC2CCC(F)C2)s1. The molecule has 0 spiro atoms. The van der Waals surface area contributed by atoms with Gasteiger partial charge in [0.25, 0.3) is 0 Å². The van der Waals surface area contributed by atoms with Gasteiger partial charge in [0.05, 0.1) is 5.01 Å². The van der Waals surface area contributed by atoms with Crippen molar-refractivity contribution < 1.29 is 4.39 Å². The van der Waals surface area contributed by atoms with Crippen LogP contribution in [0.15, 0.2) is 6.20 Å². The maximum Gasteiger partial charge on any atom is 0.102 e. The molecule has 2 rings (SSSR count). The third-order valence-electron chi connectivity index (χ3n) is 2.60. The van der Waals surface area contributed by atoms with Gasteiger partial charge < -0.3 is 5.32 Å². The van der Waals surface area contributed by atoms with Crippen molar-refractivity contribution >= 4 is 11.3 Å². The topological polar surface area (TPSA) is 24.9 Å². The molecule has 1 aromatic heterocycles. The Kier molecular flexibility index (Phi) is 3.13. The highest BCUT2D eigenvalue weighted by Gasteiger charge is 2.23. The molecule has 1 aliphatic carbocycles. The molecule has 0 saturated heterocycles. The summed E-state index contributed by atoms with van der Waals surface area (Å²) in [4.78, 5) is 5.42. The van der Waals surface area contributed by atoms with Crippen LogP contribution in [0.2, 0.25) is 0 Å². The predicted octanol–water partition coefficient (Wildman–Crippen LogP) is 2.43.